The molecule has 0 aromatic carbocycles. The summed E-state index contributed by atoms with van der Waals surface area (Å²) in [6.45, 7) is 6.86. The molecule has 1 aliphatic heterocycles. The predicted octanol–water partition coefficient (Wildman–Crippen LogP) is 1.21. The lowest BCUT2D eigenvalue weighted by molar-refractivity contribution is -0.130. The van der Waals surface area contributed by atoms with Crippen LogP contribution in [-0.2, 0) is 4.79 Å². The number of hydrogen-bond acceptors (Lipinski definition) is 4. The molecule has 21 heavy (non-hydrogen) atoms. The second-order valence-electron chi connectivity index (χ2n) is 5.16. The quantitative estimate of drug-likeness (QED) is 0.905. The van der Waals surface area contributed by atoms with Gasteiger partial charge in [0.1, 0.15) is 5.69 Å². The molecule has 1 aromatic rings. The second kappa shape index (κ2) is 7.06. The lowest BCUT2D eigenvalue weighted by atomic mass is 10.2. The van der Waals surface area contributed by atoms with Crippen molar-refractivity contribution in [2.45, 2.75) is 20.3 Å². The first-order valence-electron chi connectivity index (χ1n) is 7.36. The fourth-order valence-corrected chi connectivity index (χ4v) is 2.28. The van der Waals surface area contributed by atoms with E-state index in [1.54, 1.807) is 29.0 Å². The Morgan fingerprint density at radius 1 is 1.19 bits per heavy atom. The molecule has 1 N–H and O–H groups in total. The van der Waals surface area contributed by atoms with E-state index in [4.69, 9.17) is 0 Å². The molecule has 0 saturated carbocycles. The van der Waals surface area contributed by atoms with Gasteiger partial charge in [0.25, 0.3) is 5.91 Å². The van der Waals surface area contributed by atoms with Gasteiger partial charge in [0.05, 0.1) is 11.9 Å². The number of carbonyl (C=O) groups excluding carboxylic acids is 2. The normalized spacial score (nSPS) is 15.0. The third-order valence-corrected chi connectivity index (χ3v) is 3.57. The van der Waals surface area contributed by atoms with Crippen molar-refractivity contribution in [3.05, 3.63) is 24.0 Å². The van der Waals surface area contributed by atoms with Crippen LogP contribution in [0, 0.1) is 0 Å². The summed E-state index contributed by atoms with van der Waals surface area (Å²) in [4.78, 5) is 31.3. The first-order chi connectivity index (χ1) is 10.1. The standard InChI is InChI=1S/C15H22N4O2/c1-3-6-16-13-4-5-14(17-11-13)15(21)19-9-7-18(8-10-19)12(2)20/h4-5,11,16H,3,6-10H2,1-2H3. The van der Waals surface area contributed by atoms with E-state index in [0.717, 1.165) is 18.7 Å². The van der Waals surface area contributed by atoms with E-state index >= 15 is 0 Å². The molecule has 0 spiro atoms. The first-order valence-corrected chi connectivity index (χ1v) is 7.36. The van der Waals surface area contributed by atoms with Crippen LogP contribution in [0.25, 0.3) is 0 Å². The third kappa shape index (κ3) is 3.93. The van der Waals surface area contributed by atoms with Crippen molar-refractivity contribution < 1.29 is 9.59 Å². The Hall–Kier alpha value is -2.11. The van der Waals surface area contributed by atoms with Gasteiger partial charge in [-0.15, -0.1) is 0 Å². The summed E-state index contributed by atoms with van der Waals surface area (Å²) in [7, 11) is 0. The van der Waals surface area contributed by atoms with E-state index in [-0.39, 0.29) is 11.8 Å². The molecule has 0 aliphatic carbocycles. The summed E-state index contributed by atoms with van der Waals surface area (Å²) in [6, 6.07) is 3.62. The zero-order valence-electron chi connectivity index (χ0n) is 12.6. The molecule has 6 nitrogen and oxygen atoms in total. The summed E-state index contributed by atoms with van der Waals surface area (Å²) in [5.74, 6) is -0.00758. The number of nitrogens with zero attached hydrogens (tertiary/aromatic N) is 3. The Bertz CT molecular complexity index is 493. The Morgan fingerprint density at radius 3 is 2.38 bits per heavy atom. The maximum Gasteiger partial charge on any atom is 0.272 e. The minimum absolute atomic E-state index is 0.0616. The summed E-state index contributed by atoms with van der Waals surface area (Å²) >= 11 is 0. The van der Waals surface area contributed by atoms with Crippen molar-refractivity contribution in [2.75, 3.05) is 38.0 Å². The van der Waals surface area contributed by atoms with Gasteiger partial charge in [-0.1, -0.05) is 6.92 Å². The first kappa shape index (κ1) is 15.3. The molecule has 2 heterocycles. The highest BCUT2D eigenvalue weighted by Gasteiger charge is 2.23. The number of piperazine rings is 1. The highest BCUT2D eigenvalue weighted by atomic mass is 16.2. The monoisotopic (exact) mass is 290 g/mol. The summed E-state index contributed by atoms with van der Waals surface area (Å²) < 4.78 is 0. The molecule has 2 amide bonds. The zero-order chi connectivity index (χ0) is 15.2. The van der Waals surface area contributed by atoms with Crippen molar-refractivity contribution >= 4 is 17.5 Å². The summed E-state index contributed by atoms with van der Waals surface area (Å²) in [6.07, 6.45) is 2.73. The maximum atomic E-state index is 12.3. The smallest absolute Gasteiger partial charge is 0.272 e. The van der Waals surface area contributed by atoms with Gasteiger partial charge in [0.15, 0.2) is 0 Å². The van der Waals surface area contributed by atoms with E-state index in [1.165, 1.54) is 0 Å². The van der Waals surface area contributed by atoms with E-state index in [1.807, 2.05) is 6.07 Å². The molecule has 0 unspecified atom stereocenters. The number of carbonyl (C=O) groups is 2. The summed E-state index contributed by atoms with van der Waals surface area (Å²) in [5, 5.41) is 3.23. The number of amides is 2. The maximum absolute atomic E-state index is 12.3. The van der Waals surface area contributed by atoms with Crippen LogP contribution in [0.4, 0.5) is 5.69 Å². The van der Waals surface area contributed by atoms with E-state index in [9.17, 15) is 9.59 Å². The minimum Gasteiger partial charge on any atom is -0.384 e. The van der Waals surface area contributed by atoms with Crippen molar-refractivity contribution in [3.8, 4) is 0 Å². The van der Waals surface area contributed by atoms with Crippen molar-refractivity contribution in [3.63, 3.8) is 0 Å². The minimum atomic E-state index is -0.0692. The topological polar surface area (TPSA) is 65.5 Å². The third-order valence-electron chi connectivity index (χ3n) is 3.57. The Kier molecular flexibility index (Phi) is 5.14. The van der Waals surface area contributed by atoms with Gasteiger partial charge < -0.3 is 15.1 Å². The van der Waals surface area contributed by atoms with E-state index in [2.05, 4.69) is 17.2 Å². The number of hydrogen-bond donors (Lipinski definition) is 1. The van der Waals surface area contributed by atoms with Gasteiger partial charge in [0.2, 0.25) is 5.91 Å². The Labute approximate surface area is 125 Å². The molecule has 0 radical (unpaired) electrons. The fourth-order valence-electron chi connectivity index (χ4n) is 2.28. The highest BCUT2D eigenvalue weighted by molar-refractivity contribution is 5.92. The van der Waals surface area contributed by atoms with Crippen LogP contribution in [-0.4, -0.2) is 59.3 Å². The van der Waals surface area contributed by atoms with Crippen molar-refractivity contribution in [2.24, 2.45) is 0 Å². The Morgan fingerprint density at radius 2 is 1.86 bits per heavy atom. The lowest BCUT2D eigenvalue weighted by Gasteiger charge is -2.34. The van der Waals surface area contributed by atoms with E-state index < -0.39 is 0 Å². The van der Waals surface area contributed by atoms with Crippen LogP contribution < -0.4 is 5.32 Å². The molecule has 0 bridgehead atoms. The Balaban J connectivity index is 1.93. The number of anilines is 1. The van der Waals surface area contributed by atoms with Gasteiger partial charge in [0, 0.05) is 39.6 Å². The molecule has 1 aromatic heterocycles. The van der Waals surface area contributed by atoms with Crippen LogP contribution in [0.15, 0.2) is 18.3 Å². The van der Waals surface area contributed by atoms with Gasteiger partial charge in [-0.25, -0.2) is 4.98 Å². The van der Waals surface area contributed by atoms with Gasteiger partial charge in [-0.2, -0.15) is 0 Å². The number of aromatic nitrogens is 1. The molecular weight excluding hydrogens is 268 g/mol. The van der Waals surface area contributed by atoms with Gasteiger partial charge >= 0.3 is 0 Å². The molecule has 2 rings (SSSR count). The van der Waals surface area contributed by atoms with Crippen LogP contribution >= 0.6 is 0 Å². The van der Waals surface area contributed by atoms with Crippen LogP contribution in [0.1, 0.15) is 30.8 Å². The number of nitrogens with one attached hydrogen (secondary N) is 1. The molecular formula is C15H22N4O2. The van der Waals surface area contributed by atoms with Gasteiger partial charge in [-0.3, -0.25) is 9.59 Å². The van der Waals surface area contributed by atoms with Crippen molar-refractivity contribution in [1.82, 2.24) is 14.8 Å². The van der Waals surface area contributed by atoms with Crippen molar-refractivity contribution in [1.29, 1.82) is 0 Å². The predicted molar refractivity (Wildman–Crippen MR) is 81.2 cm³/mol. The number of pyridine rings is 1. The van der Waals surface area contributed by atoms with Crippen LogP contribution in [0.3, 0.4) is 0 Å². The molecule has 0 atom stereocenters. The fraction of sp³-hybridized carbons (Fsp3) is 0.533. The van der Waals surface area contributed by atoms with Crippen LogP contribution in [0.5, 0.6) is 0 Å². The SMILES string of the molecule is CCCNc1ccc(C(=O)N2CCN(C(C)=O)CC2)nc1. The molecule has 6 heteroatoms. The average molecular weight is 290 g/mol. The number of rotatable bonds is 4. The second-order valence-corrected chi connectivity index (χ2v) is 5.16. The molecule has 1 aliphatic rings. The molecule has 1 fully saturated rings. The molecule has 114 valence electrons. The van der Waals surface area contributed by atoms with Gasteiger partial charge in [-0.05, 0) is 18.6 Å². The molecule has 1 saturated heterocycles. The van der Waals surface area contributed by atoms with Crippen LogP contribution in [0.2, 0.25) is 0 Å². The summed E-state index contributed by atoms with van der Waals surface area (Å²) in [5.41, 5.74) is 1.38. The lowest BCUT2D eigenvalue weighted by Crippen LogP contribution is -2.50. The highest BCUT2D eigenvalue weighted by Crippen LogP contribution is 2.10. The average Bonchev–Trinajstić information content (AvgIpc) is 2.53. The largest absolute Gasteiger partial charge is 0.384 e. The zero-order valence-corrected chi connectivity index (χ0v) is 12.6. The van der Waals surface area contributed by atoms with E-state index in [0.29, 0.717) is 31.9 Å².